The minimum atomic E-state index is -1.27. The number of fused-ring (bicyclic) bond motifs is 1. The molecule has 2 amide bonds. The third-order valence-corrected chi connectivity index (χ3v) is 3.64. The molecule has 0 aromatic heterocycles. The summed E-state index contributed by atoms with van der Waals surface area (Å²) in [4.78, 5) is 22.8. The van der Waals surface area contributed by atoms with Crippen molar-refractivity contribution in [3.05, 3.63) is 35.4 Å². The zero-order valence-electron chi connectivity index (χ0n) is 11.8. The van der Waals surface area contributed by atoms with Gasteiger partial charge in [-0.15, -0.1) is 0 Å². The molecular formula is C15H20N2O3. The van der Waals surface area contributed by atoms with Crippen LogP contribution in [0, 0.1) is 0 Å². The van der Waals surface area contributed by atoms with E-state index < -0.39 is 17.5 Å². The summed E-state index contributed by atoms with van der Waals surface area (Å²) in [7, 11) is 0. The average molecular weight is 276 g/mol. The van der Waals surface area contributed by atoms with Crippen molar-refractivity contribution in [2.45, 2.75) is 44.7 Å². The van der Waals surface area contributed by atoms with Crippen LogP contribution in [-0.2, 0) is 17.6 Å². The zero-order valence-corrected chi connectivity index (χ0v) is 11.8. The lowest BCUT2D eigenvalue weighted by atomic mass is 9.88. The van der Waals surface area contributed by atoms with E-state index in [2.05, 4.69) is 22.8 Å². The van der Waals surface area contributed by atoms with Crippen molar-refractivity contribution in [3.63, 3.8) is 0 Å². The van der Waals surface area contributed by atoms with Gasteiger partial charge in [-0.3, -0.25) is 0 Å². The molecule has 0 saturated carbocycles. The Morgan fingerprint density at radius 2 is 1.90 bits per heavy atom. The molecule has 108 valence electrons. The summed E-state index contributed by atoms with van der Waals surface area (Å²) in [6.45, 7) is 2.93. The third kappa shape index (κ3) is 3.29. The molecule has 1 aliphatic rings. The van der Waals surface area contributed by atoms with Crippen LogP contribution in [0.5, 0.6) is 0 Å². The van der Waals surface area contributed by atoms with Crippen LogP contribution in [-0.4, -0.2) is 28.7 Å². The largest absolute Gasteiger partial charge is 0.480 e. The van der Waals surface area contributed by atoms with Gasteiger partial charge in [-0.2, -0.15) is 0 Å². The summed E-state index contributed by atoms with van der Waals surface area (Å²) in [6.07, 6.45) is 2.60. The van der Waals surface area contributed by atoms with Crippen LogP contribution in [0.25, 0.3) is 0 Å². The predicted octanol–water partition coefficient (Wildman–Crippen LogP) is 1.71. The van der Waals surface area contributed by atoms with E-state index in [1.807, 2.05) is 12.1 Å². The molecule has 20 heavy (non-hydrogen) atoms. The molecular weight excluding hydrogens is 256 g/mol. The Hall–Kier alpha value is -2.04. The highest BCUT2D eigenvalue weighted by molar-refractivity contribution is 5.85. The van der Waals surface area contributed by atoms with E-state index in [0.29, 0.717) is 0 Å². The number of carbonyl (C=O) groups is 2. The van der Waals surface area contributed by atoms with Crippen molar-refractivity contribution in [1.82, 2.24) is 10.6 Å². The van der Waals surface area contributed by atoms with Gasteiger partial charge in [-0.1, -0.05) is 24.3 Å². The summed E-state index contributed by atoms with van der Waals surface area (Å²) in [5, 5.41) is 14.3. The summed E-state index contributed by atoms with van der Waals surface area (Å²) in [6, 6.07) is 7.82. The number of rotatable bonds is 3. The molecule has 0 radical (unpaired) electrons. The Morgan fingerprint density at radius 3 is 2.55 bits per heavy atom. The van der Waals surface area contributed by atoms with E-state index in [1.165, 1.54) is 25.0 Å². The van der Waals surface area contributed by atoms with E-state index in [0.717, 1.165) is 19.3 Å². The van der Waals surface area contributed by atoms with Gasteiger partial charge in [-0.25, -0.2) is 9.59 Å². The Balaban J connectivity index is 1.92. The predicted molar refractivity (Wildman–Crippen MR) is 75.6 cm³/mol. The standard InChI is InChI=1S/C15H20N2O3/c1-15(2,13(18)19)17-14(20)16-12-8-7-10-5-3-4-6-11(10)9-12/h3-6,12H,7-9H2,1-2H3,(H,18,19)(H2,16,17,20). The summed E-state index contributed by atoms with van der Waals surface area (Å²) in [5.74, 6) is -1.05. The van der Waals surface area contributed by atoms with Gasteiger partial charge < -0.3 is 15.7 Å². The normalized spacial score (nSPS) is 18.0. The van der Waals surface area contributed by atoms with Gasteiger partial charge in [0.2, 0.25) is 0 Å². The third-order valence-electron chi connectivity index (χ3n) is 3.64. The first kappa shape index (κ1) is 14.4. The Bertz CT molecular complexity index is 526. The van der Waals surface area contributed by atoms with Crippen LogP contribution in [0.15, 0.2) is 24.3 Å². The van der Waals surface area contributed by atoms with Gasteiger partial charge >= 0.3 is 12.0 Å². The molecule has 0 bridgehead atoms. The van der Waals surface area contributed by atoms with Gasteiger partial charge in [0, 0.05) is 6.04 Å². The maximum Gasteiger partial charge on any atom is 0.328 e. The Labute approximate surface area is 118 Å². The van der Waals surface area contributed by atoms with Crippen LogP contribution < -0.4 is 10.6 Å². The molecule has 1 aromatic carbocycles. The number of amides is 2. The average Bonchev–Trinajstić information content (AvgIpc) is 2.37. The number of carbonyl (C=O) groups excluding carboxylic acids is 1. The molecule has 5 nitrogen and oxygen atoms in total. The Morgan fingerprint density at radius 1 is 1.25 bits per heavy atom. The molecule has 0 saturated heterocycles. The highest BCUT2D eigenvalue weighted by atomic mass is 16.4. The van der Waals surface area contributed by atoms with Gasteiger partial charge in [0.25, 0.3) is 0 Å². The van der Waals surface area contributed by atoms with E-state index >= 15 is 0 Å². The number of carboxylic acids is 1. The second-order valence-electron chi connectivity index (χ2n) is 5.74. The van der Waals surface area contributed by atoms with Crippen LogP contribution >= 0.6 is 0 Å². The van der Waals surface area contributed by atoms with Crippen molar-refractivity contribution in [1.29, 1.82) is 0 Å². The summed E-state index contributed by atoms with van der Waals surface area (Å²) >= 11 is 0. The fourth-order valence-electron chi connectivity index (χ4n) is 2.38. The highest BCUT2D eigenvalue weighted by Crippen LogP contribution is 2.20. The van der Waals surface area contributed by atoms with Gasteiger partial charge in [0.05, 0.1) is 0 Å². The molecule has 2 rings (SSSR count). The molecule has 1 aliphatic carbocycles. The second kappa shape index (κ2) is 5.53. The van der Waals surface area contributed by atoms with Gasteiger partial charge in [0.15, 0.2) is 0 Å². The van der Waals surface area contributed by atoms with Crippen LogP contribution in [0.4, 0.5) is 4.79 Å². The highest BCUT2D eigenvalue weighted by Gasteiger charge is 2.30. The summed E-state index contributed by atoms with van der Waals surface area (Å²) < 4.78 is 0. The van der Waals surface area contributed by atoms with Crippen molar-refractivity contribution in [2.75, 3.05) is 0 Å². The van der Waals surface area contributed by atoms with Crippen LogP contribution in [0.2, 0.25) is 0 Å². The minimum Gasteiger partial charge on any atom is -0.480 e. The van der Waals surface area contributed by atoms with Crippen molar-refractivity contribution < 1.29 is 14.7 Å². The zero-order chi connectivity index (χ0) is 14.8. The second-order valence-corrected chi connectivity index (χ2v) is 5.74. The topological polar surface area (TPSA) is 78.4 Å². The number of hydrogen-bond donors (Lipinski definition) is 3. The van der Waals surface area contributed by atoms with E-state index in [4.69, 9.17) is 5.11 Å². The van der Waals surface area contributed by atoms with Crippen molar-refractivity contribution in [3.8, 4) is 0 Å². The summed E-state index contributed by atoms with van der Waals surface area (Å²) in [5.41, 5.74) is 1.31. The smallest absolute Gasteiger partial charge is 0.328 e. The minimum absolute atomic E-state index is 0.0505. The fraction of sp³-hybridized carbons (Fsp3) is 0.467. The first-order valence-corrected chi connectivity index (χ1v) is 6.77. The molecule has 0 heterocycles. The van der Waals surface area contributed by atoms with E-state index in [-0.39, 0.29) is 6.04 Å². The van der Waals surface area contributed by atoms with Crippen LogP contribution in [0.3, 0.4) is 0 Å². The van der Waals surface area contributed by atoms with E-state index in [1.54, 1.807) is 0 Å². The SMILES string of the molecule is CC(C)(NC(=O)NC1CCc2ccccc2C1)C(=O)O. The molecule has 0 spiro atoms. The first-order chi connectivity index (χ1) is 9.38. The lowest BCUT2D eigenvalue weighted by Crippen LogP contribution is -2.55. The number of benzene rings is 1. The first-order valence-electron chi connectivity index (χ1n) is 6.77. The number of nitrogens with one attached hydrogen (secondary N) is 2. The number of urea groups is 1. The fourth-order valence-corrected chi connectivity index (χ4v) is 2.38. The van der Waals surface area contributed by atoms with Crippen molar-refractivity contribution >= 4 is 12.0 Å². The maximum absolute atomic E-state index is 11.9. The molecule has 0 aliphatic heterocycles. The van der Waals surface area contributed by atoms with Crippen molar-refractivity contribution in [2.24, 2.45) is 0 Å². The molecule has 5 heteroatoms. The number of carboxylic acid groups (broad SMARTS) is 1. The monoisotopic (exact) mass is 276 g/mol. The maximum atomic E-state index is 11.9. The molecule has 1 unspecified atom stereocenters. The molecule has 3 N–H and O–H groups in total. The number of aliphatic carboxylic acids is 1. The molecule has 0 fully saturated rings. The van der Waals surface area contributed by atoms with Gasteiger partial charge in [0.1, 0.15) is 5.54 Å². The molecule has 1 atom stereocenters. The quantitative estimate of drug-likeness (QED) is 0.786. The number of hydrogen-bond acceptors (Lipinski definition) is 2. The molecule has 1 aromatic rings. The number of aryl methyl sites for hydroxylation is 1. The van der Waals surface area contributed by atoms with Gasteiger partial charge in [-0.05, 0) is 44.2 Å². The Kier molecular flexibility index (Phi) is 3.97. The lowest BCUT2D eigenvalue weighted by Gasteiger charge is -2.28. The lowest BCUT2D eigenvalue weighted by molar-refractivity contribution is -0.142. The van der Waals surface area contributed by atoms with Crippen LogP contribution in [0.1, 0.15) is 31.4 Å². The van der Waals surface area contributed by atoms with E-state index in [9.17, 15) is 9.59 Å².